The van der Waals surface area contributed by atoms with Gasteiger partial charge >= 0.3 is 12.2 Å². The number of hydrogen-bond acceptors (Lipinski definition) is 1. The molecule has 0 aliphatic carbocycles. The molecule has 1 aliphatic rings. The summed E-state index contributed by atoms with van der Waals surface area (Å²) in [4.78, 5) is 13.6. The molecular formula is C14H17F3N2O. The van der Waals surface area contributed by atoms with Crippen LogP contribution in [0.2, 0.25) is 0 Å². The molecule has 110 valence electrons. The lowest BCUT2D eigenvalue weighted by Crippen LogP contribution is -2.41. The minimum absolute atomic E-state index is 0.158. The number of alkyl halides is 3. The second-order valence-electron chi connectivity index (χ2n) is 5.04. The molecule has 3 nitrogen and oxygen atoms in total. The fourth-order valence-electron chi connectivity index (χ4n) is 2.33. The molecule has 2 amide bonds. The van der Waals surface area contributed by atoms with E-state index >= 15 is 0 Å². The summed E-state index contributed by atoms with van der Waals surface area (Å²) in [5.41, 5.74) is -0.0288. The minimum Gasteiger partial charge on any atom is -0.334 e. The van der Waals surface area contributed by atoms with Crippen LogP contribution < -0.4 is 5.32 Å². The van der Waals surface area contributed by atoms with Crippen LogP contribution in [0.15, 0.2) is 24.3 Å². The van der Waals surface area contributed by atoms with Crippen LogP contribution in [0.1, 0.15) is 30.9 Å². The van der Waals surface area contributed by atoms with Crippen molar-refractivity contribution in [2.75, 3.05) is 6.54 Å². The first-order valence-corrected chi connectivity index (χ1v) is 6.58. The standard InChI is InChI=1S/C14H17F3N2O/c1-10-3-2-8-19(10)13(20)18-9-11-4-6-12(7-5-11)14(15,16)17/h4-7,10H,2-3,8-9H2,1H3,(H,18,20). The average molecular weight is 286 g/mol. The zero-order chi connectivity index (χ0) is 14.8. The number of carbonyl (C=O) groups excluding carboxylic acids is 1. The summed E-state index contributed by atoms with van der Waals surface area (Å²) in [6, 6.07) is 4.89. The Hall–Kier alpha value is -1.72. The fourth-order valence-corrected chi connectivity index (χ4v) is 2.33. The quantitative estimate of drug-likeness (QED) is 0.888. The van der Waals surface area contributed by atoms with Crippen molar-refractivity contribution in [3.8, 4) is 0 Å². The maximum atomic E-state index is 12.4. The summed E-state index contributed by atoms with van der Waals surface area (Å²) >= 11 is 0. The Bertz CT molecular complexity index is 470. The number of rotatable bonds is 2. The summed E-state index contributed by atoms with van der Waals surface area (Å²) in [5.74, 6) is 0. The highest BCUT2D eigenvalue weighted by molar-refractivity contribution is 5.74. The van der Waals surface area contributed by atoms with E-state index in [1.807, 2.05) is 6.92 Å². The molecule has 1 aliphatic heterocycles. The molecule has 1 heterocycles. The van der Waals surface area contributed by atoms with Crippen LogP contribution in [0.3, 0.4) is 0 Å². The van der Waals surface area contributed by atoms with E-state index in [-0.39, 0.29) is 18.6 Å². The van der Waals surface area contributed by atoms with E-state index in [0.717, 1.165) is 31.5 Å². The number of hydrogen-bond donors (Lipinski definition) is 1. The first-order valence-electron chi connectivity index (χ1n) is 6.58. The number of nitrogens with zero attached hydrogens (tertiary/aromatic N) is 1. The zero-order valence-electron chi connectivity index (χ0n) is 11.2. The van der Waals surface area contributed by atoms with Crippen LogP contribution in [0.5, 0.6) is 0 Å². The second kappa shape index (κ2) is 5.73. The molecule has 1 aromatic carbocycles. The number of nitrogens with one attached hydrogen (secondary N) is 1. The topological polar surface area (TPSA) is 32.3 Å². The molecular weight excluding hydrogens is 269 g/mol. The first-order chi connectivity index (χ1) is 9.38. The monoisotopic (exact) mass is 286 g/mol. The van der Waals surface area contributed by atoms with Gasteiger partial charge < -0.3 is 10.2 Å². The molecule has 2 rings (SSSR count). The van der Waals surface area contributed by atoms with E-state index in [2.05, 4.69) is 5.32 Å². The van der Waals surface area contributed by atoms with Crippen LogP contribution in [0, 0.1) is 0 Å². The molecule has 1 atom stereocenters. The van der Waals surface area contributed by atoms with Crippen LogP contribution in [-0.2, 0) is 12.7 Å². The normalized spacial score (nSPS) is 19.2. The third kappa shape index (κ3) is 3.43. The first kappa shape index (κ1) is 14.7. The molecule has 0 aromatic heterocycles. The summed E-state index contributed by atoms with van der Waals surface area (Å²) in [7, 11) is 0. The Kier molecular flexibility index (Phi) is 4.20. The molecule has 0 radical (unpaired) electrons. The lowest BCUT2D eigenvalue weighted by atomic mass is 10.1. The van der Waals surface area contributed by atoms with Gasteiger partial charge in [-0.3, -0.25) is 0 Å². The van der Waals surface area contributed by atoms with Crippen molar-refractivity contribution in [2.24, 2.45) is 0 Å². The Balaban J connectivity index is 1.89. The minimum atomic E-state index is -4.33. The average Bonchev–Trinajstić information content (AvgIpc) is 2.82. The third-order valence-corrected chi connectivity index (χ3v) is 3.54. The van der Waals surface area contributed by atoms with Gasteiger partial charge in [0.1, 0.15) is 0 Å². The maximum absolute atomic E-state index is 12.4. The molecule has 1 N–H and O–H groups in total. The van der Waals surface area contributed by atoms with Crippen LogP contribution in [0.25, 0.3) is 0 Å². The van der Waals surface area contributed by atoms with Crippen LogP contribution in [0.4, 0.5) is 18.0 Å². The van der Waals surface area contributed by atoms with Crippen molar-refractivity contribution in [2.45, 2.75) is 38.5 Å². The predicted octanol–water partition coefficient (Wildman–Crippen LogP) is 3.40. The van der Waals surface area contributed by atoms with Gasteiger partial charge in [-0.25, -0.2) is 4.79 Å². The number of amides is 2. The molecule has 1 unspecified atom stereocenters. The van der Waals surface area contributed by atoms with Gasteiger partial charge in [-0.05, 0) is 37.5 Å². The van der Waals surface area contributed by atoms with Gasteiger partial charge in [0.05, 0.1) is 5.56 Å². The number of urea groups is 1. The number of benzene rings is 1. The van der Waals surface area contributed by atoms with E-state index in [0.29, 0.717) is 5.56 Å². The maximum Gasteiger partial charge on any atom is 0.416 e. The van der Waals surface area contributed by atoms with E-state index in [1.165, 1.54) is 12.1 Å². The van der Waals surface area contributed by atoms with Crippen LogP contribution >= 0.6 is 0 Å². The lowest BCUT2D eigenvalue weighted by molar-refractivity contribution is -0.137. The van der Waals surface area contributed by atoms with E-state index in [9.17, 15) is 18.0 Å². The van der Waals surface area contributed by atoms with Crippen molar-refractivity contribution in [1.82, 2.24) is 10.2 Å². The van der Waals surface area contributed by atoms with Crippen molar-refractivity contribution < 1.29 is 18.0 Å². The molecule has 0 bridgehead atoms. The third-order valence-electron chi connectivity index (χ3n) is 3.54. The molecule has 1 aromatic rings. The lowest BCUT2D eigenvalue weighted by Gasteiger charge is -2.21. The largest absolute Gasteiger partial charge is 0.416 e. The van der Waals surface area contributed by atoms with Gasteiger partial charge in [0.15, 0.2) is 0 Å². The summed E-state index contributed by atoms with van der Waals surface area (Å²) in [6.45, 7) is 2.96. The Morgan fingerprint density at radius 1 is 1.35 bits per heavy atom. The second-order valence-corrected chi connectivity index (χ2v) is 5.04. The van der Waals surface area contributed by atoms with E-state index in [1.54, 1.807) is 4.90 Å². The number of carbonyl (C=O) groups is 1. The Labute approximate surface area is 115 Å². The summed E-state index contributed by atoms with van der Waals surface area (Å²) in [6.07, 6.45) is -2.34. The van der Waals surface area contributed by atoms with E-state index < -0.39 is 11.7 Å². The van der Waals surface area contributed by atoms with Gasteiger partial charge in [-0.1, -0.05) is 12.1 Å². The number of likely N-dealkylation sites (tertiary alicyclic amines) is 1. The Morgan fingerprint density at radius 2 is 2.00 bits per heavy atom. The van der Waals surface area contributed by atoms with Crippen molar-refractivity contribution in [1.29, 1.82) is 0 Å². The predicted molar refractivity (Wildman–Crippen MR) is 69.1 cm³/mol. The molecule has 0 spiro atoms. The smallest absolute Gasteiger partial charge is 0.334 e. The number of halogens is 3. The van der Waals surface area contributed by atoms with Crippen molar-refractivity contribution >= 4 is 6.03 Å². The molecule has 1 saturated heterocycles. The van der Waals surface area contributed by atoms with Gasteiger partial charge in [0, 0.05) is 19.1 Å². The van der Waals surface area contributed by atoms with Gasteiger partial charge in [0.2, 0.25) is 0 Å². The van der Waals surface area contributed by atoms with Crippen molar-refractivity contribution in [3.05, 3.63) is 35.4 Å². The summed E-state index contributed by atoms with van der Waals surface area (Å²) in [5, 5.41) is 2.74. The molecule has 6 heteroatoms. The summed E-state index contributed by atoms with van der Waals surface area (Å²) < 4.78 is 37.2. The highest BCUT2D eigenvalue weighted by Gasteiger charge is 2.30. The highest BCUT2D eigenvalue weighted by Crippen LogP contribution is 2.29. The molecule has 20 heavy (non-hydrogen) atoms. The van der Waals surface area contributed by atoms with E-state index in [4.69, 9.17) is 0 Å². The fraction of sp³-hybridized carbons (Fsp3) is 0.500. The molecule has 0 saturated carbocycles. The molecule has 1 fully saturated rings. The van der Waals surface area contributed by atoms with Crippen molar-refractivity contribution in [3.63, 3.8) is 0 Å². The Morgan fingerprint density at radius 3 is 2.50 bits per heavy atom. The van der Waals surface area contributed by atoms with Gasteiger partial charge in [-0.15, -0.1) is 0 Å². The SMILES string of the molecule is CC1CCCN1C(=O)NCc1ccc(C(F)(F)F)cc1. The highest BCUT2D eigenvalue weighted by atomic mass is 19.4. The van der Waals surface area contributed by atoms with Crippen LogP contribution in [-0.4, -0.2) is 23.5 Å². The van der Waals surface area contributed by atoms with Gasteiger partial charge in [0.25, 0.3) is 0 Å². The zero-order valence-corrected chi connectivity index (χ0v) is 11.2. The van der Waals surface area contributed by atoms with Gasteiger partial charge in [-0.2, -0.15) is 13.2 Å².